The number of carbonyl (C=O) groups is 1. The number of nitrogens with zero attached hydrogens (tertiary/aromatic N) is 2. The molecule has 0 radical (unpaired) electrons. The van der Waals surface area contributed by atoms with Gasteiger partial charge < -0.3 is 19.3 Å². The van der Waals surface area contributed by atoms with Crippen LogP contribution in [0.25, 0.3) is 11.1 Å². The quantitative estimate of drug-likeness (QED) is 0.738. The summed E-state index contributed by atoms with van der Waals surface area (Å²) in [6, 6.07) is 11.3. The van der Waals surface area contributed by atoms with Crippen LogP contribution in [0.15, 0.2) is 47.4 Å². The molecule has 2 atom stereocenters. The summed E-state index contributed by atoms with van der Waals surface area (Å²) >= 11 is 0. The van der Waals surface area contributed by atoms with Crippen molar-refractivity contribution in [1.82, 2.24) is 9.47 Å². The second-order valence-electron chi connectivity index (χ2n) is 9.68. The third-order valence-corrected chi connectivity index (χ3v) is 6.38. The maximum Gasteiger partial charge on any atom is 0.410 e. The summed E-state index contributed by atoms with van der Waals surface area (Å²) in [7, 11) is 1.73. The third kappa shape index (κ3) is 5.01. The van der Waals surface area contributed by atoms with Gasteiger partial charge in [-0.15, -0.1) is 0 Å². The summed E-state index contributed by atoms with van der Waals surface area (Å²) in [5.74, 6) is 0.109. The zero-order valence-corrected chi connectivity index (χ0v) is 19.4. The van der Waals surface area contributed by atoms with Crippen molar-refractivity contribution in [2.75, 3.05) is 6.54 Å². The molecule has 3 rings (SSSR count). The number of pyridine rings is 1. The van der Waals surface area contributed by atoms with Gasteiger partial charge in [-0.3, -0.25) is 4.79 Å². The SMILES string of the molecule is CC(C)C1(CC(C)(C)O)CCN([C@@H](C)c2ccc(-c3ccn(C)c(=O)c3)cc2)C(=O)O1. The van der Waals surface area contributed by atoms with E-state index in [1.54, 1.807) is 38.1 Å². The highest BCUT2D eigenvalue weighted by atomic mass is 16.6. The Hall–Kier alpha value is -2.60. The van der Waals surface area contributed by atoms with Gasteiger partial charge in [-0.1, -0.05) is 38.1 Å². The van der Waals surface area contributed by atoms with Crippen molar-refractivity contribution in [1.29, 1.82) is 0 Å². The number of carbonyl (C=O) groups excluding carboxylic acids is 1. The molecule has 2 heterocycles. The van der Waals surface area contributed by atoms with Crippen molar-refractivity contribution >= 4 is 6.09 Å². The molecule has 2 aromatic rings. The van der Waals surface area contributed by atoms with Crippen molar-refractivity contribution in [2.45, 2.75) is 64.7 Å². The summed E-state index contributed by atoms with van der Waals surface area (Å²) in [6.45, 7) is 10.1. The van der Waals surface area contributed by atoms with Crippen LogP contribution in [0, 0.1) is 5.92 Å². The number of ether oxygens (including phenoxy) is 1. The molecule has 168 valence electrons. The molecule has 6 heteroatoms. The van der Waals surface area contributed by atoms with Gasteiger partial charge in [0.25, 0.3) is 5.56 Å². The van der Waals surface area contributed by atoms with E-state index in [1.807, 2.05) is 51.1 Å². The van der Waals surface area contributed by atoms with Crippen LogP contribution < -0.4 is 5.56 Å². The molecular weight excluding hydrogens is 392 g/mol. The lowest BCUT2D eigenvalue weighted by Gasteiger charge is -2.47. The molecule has 6 nitrogen and oxygen atoms in total. The molecule has 0 bridgehead atoms. The van der Waals surface area contributed by atoms with Gasteiger partial charge >= 0.3 is 6.09 Å². The fourth-order valence-electron chi connectivity index (χ4n) is 4.37. The lowest BCUT2D eigenvalue weighted by atomic mass is 9.77. The molecule has 1 aliphatic heterocycles. The Morgan fingerprint density at radius 3 is 2.26 bits per heavy atom. The van der Waals surface area contributed by atoms with Crippen LogP contribution in [0.5, 0.6) is 0 Å². The summed E-state index contributed by atoms with van der Waals surface area (Å²) < 4.78 is 7.51. The first-order valence-electron chi connectivity index (χ1n) is 10.9. The van der Waals surface area contributed by atoms with Gasteiger partial charge in [0.05, 0.1) is 11.6 Å². The van der Waals surface area contributed by atoms with Gasteiger partial charge in [-0.05, 0) is 49.4 Å². The molecule has 0 saturated carbocycles. The zero-order valence-electron chi connectivity index (χ0n) is 19.4. The first-order valence-corrected chi connectivity index (χ1v) is 10.9. The van der Waals surface area contributed by atoms with Crippen LogP contribution in [0.1, 0.15) is 59.1 Å². The number of rotatable bonds is 6. The molecule has 1 N–H and O–H groups in total. The Bertz CT molecular complexity index is 988. The van der Waals surface area contributed by atoms with Gasteiger partial charge in [-0.2, -0.15) is 0 Å². The Morgan fingerprint density at radius 2 is 1.74 bits per heavy atom. The van der Waals surface area contributed by atoms with E-state index >= 15 is 0 Å². The second kappa shape index (κ2) is 8.50. The summed E-state index contributed by atoms with van der Waals surface area (Å²) in [5, 5.41) is 10.3. The summed E-state index contributed by atoms with van der Waals surface area (Å²) in [6.07, 6.45) is 2.51. The van der Waals surface area contributed by atoms with Crippen molar-refractivity contribution in [3.05, 3.63) is 58.5 Å². The van der Waals surface area contributed by atoms with Gasteiger partial charge in [0.2, 0.25) is 0 Å². The Balaban J connectivity index is 1.76. The van der Waals surface area contributed by atoms with Crippen LogP contribution in [0.3, 0.4) is 0 Å². The maximum absolute atomic E-state index is 13.0. The Kier molecular flexibility index (Phi) is 6.33. The predicted molar refractivity (Wildman–Crippen MR) is 122 cm³/mol. The molecule has 1 aromatic carbocycles. The average Bonchev–Trinajstić information content (AvgIpc) is 2.68. The molecule has 1 aliphatic rings. The van der Waals surface area contributed by atoms with Crippen LogP contribution >= 0.6 is 0 Å². The molecule has 1 saturated heterocycles. The van der Waals surface area contributed by atoms with Crippen LogP contribution in [-0.2, 0) is 11.8 Å². The molecular formula is C25H34N2O4. The van der Waals surface area contributed by atoms with Crippen molar-refractivity contribution in [3.8, 4) is 11.1 Å². The lowest BCUT2D eigenvalue weighted by molar-refractivity contribution is -0.119. The molecule has 1 unspecified atom stereocenters. The molecule has 0 spiro atoms. The molecule has 1 amide bonds. The number of aromatic nitrogens is 1. The topological polar surface area (TPSA) is 71.8 Å². The van der Waals surface area contributed by atoms with E-state index in [0.717, 1.165) is 16.7 Å². The number of hydrogen-bond acceptors (Lipinski definition) is 4. The number of benzene rings is 1. The fourth-order valence-corrected chi connectivity index (χ4v) is 4.37. The smallest absolute Gasteiger partial charge is 0.410 e. The second-order valence-corrected chi connectivity index (χ2v) is 9.68. The highest BCUT2D eigenvalue weighted by Gasteiger charge is 2.47. The largest absolute Gasteiger partial charge is 0.442 e. The lowest BCUT2D eigenvalue weighted by Crippen LogP contribution is -2.55. The van der Waals surface area contributed by atoms with E-state index in [4.69, 9.17) is 4.74 Å². The van der Waals surface area contributed by atoms with E-state index in [2.05, 4.69) is 0 Å². The van der Waals surface area contributed by atoms with Crippen LogP contribution in [0.4, 0.5) is 4.79 Å². The third-order valence-electron chi connectivity index (χ3n) is 6.38. The standard InChI is InChI=1S/C25H34N2O4/c1-17(2)25(16-24(4,5)30)12-14-27(23(29)31-25)18(3)19-7-9-20(10-8-19)21-11-13-26(6)22(28)15-21/h7-11,13,15,17-18,30H,12,14,16H2,1-6H3/t18-,25?/m0/s1. The number of aryl methyl sites for hydroxylation is 1. The Labute approximate surface area is 184 Å². The Morgan fingerprint density at radius 1 is 1.10 bits per heavy atom. The highest BCUT2D eigenvalue weighted by Crippen LogP contribution is 2.40. The minimum Gasteiger partial charge on any atom is -0.442 e. The van der Waals surface area contributed by atoms with Crippen LogP contribution in [0.2, 0.25) is 0 Å². The molecule has 1 fully saturated rings. The monoisotopic (exact) mass is 426 g/mol. The number of cyclic esters (lactones) is 1. The predicted octanol–water partition coefficient (Wildman–Crippen LogP) is 4.51. The van der Waals surface area contributed by atoms with Gasteiger partial charge in [0.15, 0.2) is 0 Å². The van der Waals surface area contributed by atoms with Crippen molar-refractivity contribution in [3.63, 3.8) is 0 Å². The minimum atomic E-state index is -0.910. The van der Waals surface area contributed by atoms with Gasteiger partial charge in [0, 0.05) is 38.7 Å². The molecule has 31 heavy (non-hydrogen) atoms. The number of amides is 1. The summed E-state index contributed by atoms with van der Waals surface area (Å²) in [4.78, 5) is 26.6. The first kappa shape index (κ1) is 23.1. The molecule has 1 aromatic heterocycles. The fraction of sp³-hybridized carbons (Fsp3) is 0.520. The normalized spacial score (nSPS) is 20.6. The number of hydrogen-bond donors (Lipinski definition) is 1. The van der Waals surface area contributed by atoms with E-state index in [1.165, 1.54) is 4.57 Å². The van der Waals surface area contributed by atoms with E-state index in [9.17, 15) is 14.7 Å². The van der Waals surface area contributed by atoms with E-state index in [0.29, 0.717) is 19.4 Å². The number of aliphatic hydroxyl groups is 1. The zero-order chi connectivity index (χ0) is 23.0. The van der Waals surface area contributed by atoms with Crippen molar-refractivity contribution < 1.29 is 14.6 Å². The first-order chi connectivity index (χ1) is 14.4. The summed E-state index contributed by atoms with van der Waals surface area (Å²) in [5.41, 5.74) is 1.21. The highest BCUT2D eigenvalue weighted by molar-refractivity contribution is 5.70. The van der Waals surface area contributed by atoms with E-state index in [-0.39, 0.29) is 23.6 Å². The van der Waals surface area contributed by atoms with Crippen LogP contribution in [-0.4, -0.2) is 38.4 Å². The van der Waals surface area contributed by atoms with Gasteiger partial charge in [0.1, 0.15) is 5.60 Å². The minimum absolute atomic E-state index is 0.0503. The van der Waals surface area contributed by atoms with E-state index < -0.39 is 11.2 Å². The average molecular weight is 427 g/mol. The van der Waals surface area contributed by atoms with Crippen molar-refractivity contribution in [2.24, 2.45) is 13.0 Å². The maximum atomic E-state index is 13.0. The molecule has 0 aliphatic carbocycles. The van der Waals surface area contributed by atoms with Gasteiger partial charge in [-0.25, -0.2) is 4.79 Å².